The molecule has 0 amide bonds. The molecule has 11 heteroatoms. The number of Topliss-reactive ketones (excluding diaryl/α,β-unsaturated/α-hetero) is 2. The Hall–Kier alpha value is -4.16. The maximum Gasteiger partial charge on any atom is 0.337 e. The van der Waals surface area contributed by atoms with Crippen molar-refractivity contribution in [1.82, 2.24) is 0 Å². The van der Waals surface area contributed by atoms with Crippen molar-refractivity contribution in [3.63, 3.8) is 0 Å². The highest BCUT2D eigenvalue weighted by atomic mass is 16.7. The van der Waals surface area contributed by atoms with Crippen molar-refractivity contribution in [2.45, 2.75) is 63.8 Å². The van der Waals surface area contributed by atoms with Crippen LogP contribution in [0.1, 0.15) is 44.0 Å². The molecule has 5 aliphatic rings. The van der Waals surface area contributed by atoms with E-state index in [-0.39, 0.29) is 27.9 Å². The van der Waals surface area contributed by atoms with Crippen LogP contribution in [0.2, 0.25) is 0 Å². The fourth-order valence-electron chi connectivity index (χ4n) is 6.27. The van der Waals surface area contributed by atoms with Gasteiger partial charge in [-0.25, -0.2) is 4.79 Å². The summed E-state index contributed by atoms with van der Waals surface area (Å²) in [5, 5.41) is 42.4. The minimum Gasteiger partial charge on any atom is -0.478 e. The van der Waals surface area contributed by atoms with Crippen molar-refractivity contribution in [2.75, 3.05) is 4.90 Å². The van der Waals surface area contributed by atoms with Crippen molar-refractivity contribution in [3.8, 4) is 0 Å². The number of aliphatic hydroxyl groups excluding tert-OH is 2. The molecule has 0 bridgehead atoms. The van der Waals surface area contributed by atoms with Crippen LogP contribution in [0.3, 0.4) is 0 Å². The Bertz CT molecular complexity index is 1620. The van der Waals surface area contributed by atoms with Crippen molar-refractivity contribution in [2.24, 2.45) is 0 Å². The fourth-order valence-corrected chi connectivity index (χ4v) is 6.27. The van der Waals surface area contributed by atoms with Crippen molar-refractivity contribution < 1.29 is 49.1 Å². The number of carbonyl (C=O) groups excluding carboxylic acids is 3. The monoisotopic (exact) mass is 561 g/mol. The Labute approximate surface area is 234 Å². The van der Waals surface area contributed by atoms with Crippen LogP contribution in [0.4, 0.5) is 5.69 Å². The van der Waals surface area contributed by atoms with E-state index in [0.29, 0.717) is 29.9 Å². The molecule has 5 atom stereocenters. The molecule has 0 unspecified atom stereocenters. The molecule has 0 spiro atoms. The third-order valence-corrected chi connectivity index (χ3v) is 8.17. The molecular weight excluding hydrogens is 534 g/mol. The molecule has 0 saturated carbocycles. The lowest BCUT2D eigenvalue weighted by Gasteiger charge is -2.43. The lowest BCUT2D eigenvalue weighted by atomic mass is 9.79. The number of carboxylic acid groups (broad SMARTS) is 1. The molecular formula is C30H27NO10. The second-order valence-electron chi connectivity index (χ2n) is 10.6. The molecule has 1 fully saturated rings. The maximum absolute atomic E-state index is 14.0. The molecule has 1 saturated heterocycles. The summed E-state index contributed by atoms with van der Waals surface area (Å²) in [6, 6.07) is 6.38. The molecule has 212 valence electrons. The first kappa shape index (κ1) is 27.0. The van der Waals surface area contributed by atoms with Crippen molar-refractivity contribution in [3.05, 3.63) is 87.0 Å². The number of hydrogen-bond acceptors (Lipinski definition) is 10. The molecule has 6 rings (SSSR count). The standard InChI is InChI=1S/C30H27NO10/c1-4-7-18-21-15(10-12(2)31(18)17-9-6-5-8-14(17)28(37)38)20-16(24(21)34)11-19(32)22-26(25(20)35)41-29-30(22,39)27(36)23(33)13(3)40-29/h5-6,8-11,13,23,27,29,33,36,39H,4,7H2,1-3H3,(H,37,38)/t13-,23+,27+,29+,30-/m1/s1. The van der Waals surface area contributed by atoms with Crippen LogP contribution in [0.15, 0.2) is 81.4 Å². The van der Waals surface area contributed by atoms with E-state index in [1.54, 1.807) is 36.1 Å². The maximum atomic E-state index is 14.0. The van der Waals surface area contributed by atoms with E-state index in [9.17, 15) is 39.6 Å². The number of nitrogens with zero attached hydrogens (tertiary/aromatic N) is 1. The van der Waals surface area contributed by atoms with E-state index in [4.69, 9.17) is 9.47 Å². The normalized spacial score (nSPS) is 30.9. The summed E-state index contributed by atoms with van der Waals surface area (Å²) < 4.78 is 11.2. The molecule has 0 radical (unpaired) electrons. The van der Waals surface area contributed by atoms with Gasteiger partial charge in [0.05, 0.1) is 28.5 Å². The second kappa shape index (κ2) is 9.18. The smallest absolute Gasteiger partial charge is 0.337 e. The SMILES string of the molecule is CCCC1=C2C(=O)C3=CC(=O)C4=C(O[C@@H]5O[C@H](C)[C@H](O)[C@H](O)[C@]45O)C(=O)C3=C2C=C(C)N1c1ccccc1C(=O)O. The molecule has 0 aromatic heterocycles. The Balaban J connectivity index is 1.56. The number of rotatable bonds is 4. The number of aromatic carboxylic acids is 1. The van der Waals surface area contributed by atoms with Gasteiger partial charge in [-0.3, -0.25) is 14.4 Å². The minimum atomic E-state index is -2.54. The number of benzene rings is 1. The van der Waals surface area contributed by atoms with Gasteiger partial charge in [-0.2, -0.15) is 0 Å². The number of anilines is 1. The summed E-state index contributed by atoms with van der Waals surface area (Å²) in [4.78, 5) is 55.3. The third kappa shape index (κ3) is 3.53. The lowest BCUT2D eigenvalue weighted by molar-refractivity contribution is -0.299. The zero-order valence-electron chi connectivity index (χ0n) is 22.4. The summed E-state index contributed by atoms with van der Waals surface area (Å²) in [6.45, 7) is 5.06. The first-order valence-corrected chi connectivity index (χ1v) is 13.2. The van der Waals surface area contributed by atoms with Crippen molar-refractivity contribution >= 4 is 29.0 Å². The van der Waals surface area contributed by atoms with Gasteiger partial charge in [0.25, 0.3) is 0 Å². The van der Waals surface area contributed by atoms with Gasteiger partial charge in [0.15, 0.2) is 22.9 Å². The minimum absolute atomic E-state index is 0.0238. The van der Waals surface area contributed by atoms with Crippen LogP contribution >= 0.6 is 0 Å². The van der Waals surface area contributed by atoms with E-state index in [1.807, 2.05) is 6.92 Å². The van der Waals surface area contributed by atoms with Crippen molar-refractivity contribution in [1.29, 1.82) is 0 Å². The van der Waals surface area contributed by atoms with Gasteiger partial charge in [0.2, 0.25) is 12.1 Å². The zero-order valence-corrected chi connectivity index (χ0v) is 22.4. The van der Waals surface area contributed by atoms with Gasteiger partial charge in [-0.05, 0) is 44.6 Å². The van der Waals surface area contributed by atoms with Gasteiger partial charge in [0, 0.05) is 28.1 Å². The fraction of sp³-hybridized carbons (Fsp3) is 0.333. The molecule has 41 heavy (non-hydrogen) atoms. The van der Waals surface area contributed by atoms with Gasteiger partial charge in [-0.15, -0.1) is 0 Å². The molecule has 4 N–H and O–H groups in total. The molecule has 3 heterocycles. The average Bonchev–Trinajstić information content (AvgIpc) is 3.34. The van der Waals surface area contributed by atoms with Crippen LogP contribution in [0.25, 0.3) is 0 Å². The third-order valence-electron chi connectivity index (χ3n) is 8.17. The Morgan fingerprint density at radius 2 is 1.78 bits per heavy atom. The predicted octanol–water partition coefficient (Wildman–Crippen LogP) is 1.60. The number of ketones is 3. The number of carbonyl (C=O) groups is 4. The quantitative estimate of drug-likeness (QED) is 0.421. The number of allylic oxidation sites excluding steroid dienone is 8. The van der Waals surface area contributed by atoms with E-state index >= 15 is 0 Å². The zero-order chi connectivity index (χ0) is 29.5. The number of aliphatic hydroxyl groups is 3. The van der Waals surface area contributed by atoms with E-state index in [1.165, 1.54) is 13.0 Å². The molecule has 1 aromatic carbocycles. The Morgan fingerprint density at radius 3 is 2.46 bits per heavy atom. The van der Waals surface area contributed by atoms with E-state index in [0.717, 1.165) is 6.08 Å². The summed E-state index contributed by atoms with van der Waals surface area (Å²) in [5.41, 5.74) is -1.63. The van der Waals surface area contributed by atoms with Gasteiger partial charge in [-0.1, -0.05) is 25.5 Å². The number of carboxylic acids is 1. The highest BCUT2D eigenvalue weighted by molar-refractivity contribution is 6.34. The van der Waals surface area contributed by atoms with Gasteiger partial charge in [0.1, 0.15) is 12.2 Å². The first-order chi connectivity index (χ1) is 19.4. The van der Waals surface area contributed by atoms with Crippen LogP contribution in [0, 0.1) is 0 Å². The van der Waals surface area contributed by atoms with Gasteiger partial charge < -0.3 is 34.8 Å². The van der Waals surface area contributed by atoms with Crippen LogP contribution in [-0.4, -0.2) is 73.9 Å². The summed E-state index contributed by atoms with van der Waals surface area (Å²) in [6.07, 6.45) is -2.62. The molecule has 3 aliphatic heterocycles. The summed E-state index contributed by atoms with van der Waals surface area (Å²) in [7, 11) is 0. The Morgan fingerprint density at radius 1 is 1.07 bits per heavy atom. The first-order valence-electron chi connectivity index (χ1n) is 13.2. The number of ether oxygens (including phenoxy) is 2. The molecule has 2 aliphatic carbocycles. The number of fused-ring (bicyclic) bond motifs is 4. The lowest BCUT2D eigenvalue weighted by Crippen LogP contribution is -2.65. The second-order valence-corrected chi connectivity index (χ2v) is 10.6. The topological polar surface area (TPSA) is 171 Å². The highest BCUT2D eigenvalue weighted by Crippen LogP contribution is 2.50. The van der Waals surface area contributed by atoms with E-state index < -0.39 is 64.9 Å². The van der Waals surface area contributed by atoms with Crippen LogP contribution in [0.5, 0.6) is 0 Å². The number of para-hydroxylation sites is 1. The molecule has 1 aromatic rings. The largest absolute Gasteiger partial charge is 0.478 e. The van der Waals surface area contributed by atoms with Gasteiger partial charge >= 0.3 is 5.97 Å². The predicted molar refractivity (Wildman–Crippen MR) is 141 cm³/mol. The summed E-state index contributed by atoms with van der Waals surface area (Å²) in [5.74, 6) is -4.11. The Kier molecular flexibility index (Phi) is 6.05. The average molecular weight is 562 g/mol. The van der Waals surface area contributed by atoms with Crippen LogP contribution in [-0.2, 0) is 23.9 Å². The highest BCUT2D eigenvalue weighted by Gasteiger charge is 2.65. The molecule has 11 nitrogen and oxygen atoms in total. The summed E-state index contributed by atoms with van der Waals surface area (Å²) >= 11 is 0. The number of hydrogen-bond donors (Lipinski definition) is 4. The van der Waals surface area contributed by atoms with E-state index in [2.05, 4.69) is 0 Å². The van der Waals surface area contributed by atoms with Crippen LogP contribution < -0.4 is 4.90 Å².